The number of rotatable bonds is 5. The third-order valence-electron chi connectivity index (χ3n) is 3.46. The molecular weight excluding hydrogens is 250 g/mol. The first-order chi connectivity index (χ1) is 8.18. The third kappa shape index (κ3) is 3.23. The van der Waals surface area contributed by atoms with Gasteiger partial charge in [0, 0.05) is 12.3 Å². The van der Waals surface area contributed by atoms with E-state index in [4.69, 9.17) is 10.5 Å². The van der Waals surface area contributed by atoms with Gasteiger partial charge in [0.25, 0.3) is 0 Å². The summed E-state index contributed by atoms with van der Waals surface area (Å²) in [7, 11) is -1.58. The van der Waals surface area contributed by atoms with Crippen LogP contribution in [-0.4, -0.2) is 32.6 Å². The molecule has 2 N–H and O–H groups in total. The summed E-state index contributed by atoms with van der Waals surface area (Å²) in [5, 5.41) is 0. The van der Waals surface area contributed by atoms with Crippen molar-refractivity contribution in [2.45, 2.75) is 31.1 Å². The van der Waals surface area contributed by atoms with Gasteiger partial charge in [-0.15, -0.1) is 0 Å². The molecule has 0 aromatic heterocycles. The van der Waals surface area contributed by atoms with E-state index in [0.29, 0.717) is 6.42 Å². The molecule has 0 saturated carbocycles. The molecule has 102 valence electrons. The predicted molar refractivity (Wildman–Crippen MR) is 73.6 cm³/mol. The number of hydrogen-bond donors (Lipinski definition) is 1. The van der Waals surface area contributed by atoms with Gasteiger partial charge >= 0.3 is 0 Å². The predicted octanol–water partition coefficient (Wildman–Crippen LogP) is 1.39. The lowest BCUT2D eigenvalue weighted by atomic mass is 9.96. The molecule has 1 aromatic rings. The zero-order valence-electron chi connectivity index (χ0n) is 11.3. The maximum atomic E-state index is 11.7. The summed E-state index contributed by atoms with van der Waals surface area (Å²) in [6.07, 6.45) is 1.74. The van der Waals surface area contributed by atoms with Crippen molar-refractivity contribution in [3.63, 3.8) is 0 Å². The van der Waals surface area contributed by atoms with Crippen LogP contribution < -0.4 is 10.5 Å². The van der Waals surface area contributed by atoms with E-state index < -0.39 is 20.6 Å². The highest BCUT2D eigenvalue weighted by Crippen LogP contribution is 2.22. The van der Waals surface area contributed by atoms with Gasteiger partial charge in [0.05, 0.1) is 11.9 Å². The van der Waals surface area contributed by atoms with E-state index in [1.54, 1.807) is 21.0 Å². The Bertz CT molecular complexity index is 491. The van der Waals surface area contributed by atoms with Gasteiger partial charge in [-0.2, -0.15) is 0 Å². The minimum absolute atomic E-state index is 0.444. The molecule has 0 aliphatic heterocycles. The standard InChI is InChI=1S/C13H21NO3S/c1-13(2,18(4,15)16)12(14)9-10-5-7-11(17-3)8-6-10/h5-8,12H,9,14H2,1-4H3. The molecule has 1 atom stereocenters. The van der Waals surface area contributed by atoms with Crippen molar-refractivity contribution < 1.29 is 13.2 Å². The number of benzene rings is 1. The number of nitrogens with two attached hydrogens (primary N) is 1. The highest BCUT2D eigenvalue weighted by molar-refractivity contribution is 7.92. The lowest BCUT2D eigenvalue weighted by Gasteiger charge is -2.29. The zero-order chi connectivity index (χ0) is 14.0. The summed E-state index contributed by atoms with van der Waals surface area (Å²) in [4.78, 5) is 0. The van der Waals surface area contributed by atoms with Crippen LogP contribution >= 0.6 is 0 Å². The van der Waals surface area contributed by atoms with Crippen LogP contribution in [0.3, 0.4) is 0 Å². The van der Waals surface area contributed by atoms with Crippen LogP contribution in [0.5, 0.6) is 5.75 Å². The normalized spacial score (nSPS) is 14.3. The van der Waals surface area contributed by atoms with Gasteiger partial charge in [0.2, 0.25) is 0 Å². The van der Waals surface area contributed by atoms with Crippen molar-refractivity contribution in [2.75, 3.05) is 13.4 Å². The lowest BCUT2D eigenvalue weighted by molar-refractivity contribution is 0.414. The van der Waals surface area contributed by atoms with Crippen molar-refractivity contribution >= 4 is 9.84 Å². The minimum Gasteiger partial charge on any atom is -0.497 e. The largest absolute Gasteiger partial charge is 0.497 e. The number of ether oxygens (including phenoxy) is 1. The van der Waals surface area contributed by atoms with Crippen LogP contribution in [0.4, 0.5) is 0 Å². The summed E-state index contributed by atoms with van der Waals surface area (Å²) >= 11 is 0. The first kappa shape index (κ1) is 15.0. The van der Waals surface area contributed by atoms with Crippen LogP contribution in [0.2, 0.25) is 0 Å². The van der Waals surface area contributed by atoms with Crippen molar-refractivity contribution in [3.05, 3.63) is 29.8 Å². The van der Waals surface area contributed by atoms with Crippen LogP contribution in [-0.2, 0) is 16.3 Å². The number of sulfone groups is 1. The molecule has 0 saturated heterocycles. The number of hydrogen-bond acceptors (Lipinski definition) is 4. The molecule has 0 amide bonds. The summed E-state index contributed by atoms with van der Waals surface area (Å²) in [5.74, 6) is 0.773. The molecular formula is C13H21NO3S. The first-order valence-corrected chi connectivity index (χ1v) is 7.65. The van der Waals surface area contributed by atoms with Crippen molar-refractivity contribution in [3.8, 4) is 5.75 Å². The molecule has 0 heterocycles. The Balaban J connectivity index is 2.84. The van der Waals surface area contributed by atoms with Gasteiger partial charge in [-0.05, 0) is 38.0 Å². The monoisotopic (exact) mass is 271 g/mol. The third-order valence-corrected chi connectivity index (χ3v) is 5.68. The second-order valence-electron chi connectivity index (χ2n) is 5.03. The molecule has 0 spiro atoms. The summed E-state index contributed by atoms with van der Waals surface area (Å²) in [6, 6.07) is 7.04. The van der Waals surface area contributed by atoms with E-state index in [9.17, 15) is 8.42 Å². The Labute approximate surface area is 109 Å². The van der Waals surface area contributed by atoms with Gasteiger partial charge in [0.15, 0.2) is 9.84 Å². The summed E-state index contributed by atoms with van der Waals surface area (Å²) in [5.41, 5.74) is 7.03. The van der Waals surface area contributed by atoms with E-state index in [-0.39, 0.29) is 0 Å². The Hall–Kier alpha value is -1.07. The Morgan fingerprint density at radius 3 is 2.17 bits per heavy atom. The fourth-order valence-electron chi connectivity index (χ4n) is 1.54. The summed E-state index contributed by atoms with van der Waals surface area (Å²) < 4.78 is 27.5. The van der Waals surface area contributed by atoms with Crippen LogP contribution in [0.15, 0.2) is 24.3 Å². The average molecular weight is 271 g/mol. The van der Waals surface area contributed by atoms with E-state index in [0.717, 1.165) is 11.3 Å². The molecule has 0 aliphatic rings. The summed E-state index contributed by atoms with van der Waals surface area (Å²) in [6.45, 7) is 3.33. The van der Waals surface area contributed by atoms with Gasteiger partial charge in [-0.1, -0.05) is 12.1 Å². The quantitative estimate of drug-likeness (QED) is 0.878. The van der Waals surface area contributed by atoms with E-state index in [2.05, 4.69) is 0 Å². The van der Waals surface area contributed by atoms with Gasteiger partial charge in [-0.3, -0.25) is 0 Å². The molecule has 18 heavy (non-hydrogen) atoms. The Morgan fingerprint density at radius 2 is 1.78 bits per heavy atom. The average Bonchev–Trinajstić information content (AvgIpc) is 2.28. The molecule has 0 fully saturated rings. The van der Waals surface area contributed by atoms with Crippen LogP contribution in [0.25, 0.3) is 0 Å². The highest BCUT2D eigenvalue weighted by atomic mass is 32.2. The fraction of sp³-hybridized carbons (Fsp3) is 0.538. The van der Waals surface area contributed by atoms with Crippen molar-refractivity contribution in [1.82, 2.24) is 0 Å². The smallest absolute Gasteiger partial charge is 0.154 e. The van der Waals surface area contributed by atoms with E-state index in [1.165, 1.54) is 6.26 Å². The van der Waals surface area contributed by atoms with Crippen LogP contribution in [0, 0.1) is 0 Å². The molecule has 1 rings (SSSR count). The molecule has 0 bridgehead atoms. The highest BCUT2D eigenvalue weighted by Gasteiger charge is 2.36. The van der Waals surface area contributed by atoms with Crippen molar-refractivity contribution in [2.24, 2.45) is 5.73 Å². The Kier molecular flexibility index (Phi) is 4.40. The zero-order valence-corrected chi connectivity index (χ0v) is 12.1. The molecule has 0 radical (unpaired) electrons. The molecule has 1 unspecified atom stereocenters. The topological polar surface area (TPSA) is 69.4 Å². The van der Waals surface area contributed by atoms with Gasteiger partial charge < -0.3 is 10.5 Å². The van der Waals surface area contributed by atoms with E-state index in [1.807, 2.05) is 24.3 Å². The second kappa shape index (κ2) is 5.28. The lowest BCUT2D eigenvalue weighted by Crippen LogP contribution is -2.49. The Morgan fingerprint density at radius 1 is 1.28 bits per heavy atom. The molecule has 0 aliphatic carbocycles. The molecule has 4 nitrogen and oxygen atoms in total. The maximum Gasteiger partial charge on any atom is 0.154 e. The maximum absolute atomic E-state index is 11.7. The molecule has 5 heteroatoms. The molecule has 1 aromatic carbocycles. The van der Waals surface area contributed by atoms with Gasteiger partial charge in [0.1, 0.15) is 5.75 Å². The SMILES string of the molecule is COc1ccc(CC(N)C(C)(C)S(C)(=O)=O)cc1. The first-order valence-electron chi connectivity index (χ1n) is 5.76. The van der Waals surface area contributed by atoms with Gasteiger partial charge in [-0.25, -0.2) is 8.42 Å². The minimum atomic E-state index is -3.18. The fourth-order valence-corrected chi connectivity index (χ4v) is 2.17. The van der Waals surface area contributed by atoms with Crippen molar-refractivity contribution in [1.29, 1.82) is 0 Å². The van der Waals surface area contributed by atoms with Crippen LogP contribution in [0.1, 0.15) is 19.4 Å². The second-order valence-corrected chi connectivity index (χ2v) is 7.63. The number of methoxy groups -OCH3 is 1. The van der Waals surface area contributed by atoms with E-state index >= 15 is 0 Å².